The van der Waals surface area contributed by atoms with Crippen molar-refractivity contribution in [1.29, 1.82) is 0 Å². The molecule has 0 amide bonds. The second-order valence-corrected chi connectivity index (χ2v) is 5.39. The van der Waals surface area contributed by atoms with E-state index in [4.69, 9.17) is 17.0 Å². The van der Waals surface area contributed by atoms with Crippen LogP contribution < -0.4 is 5.32 Å². The quantitative estimate of drug-likeness (QED) is 0.584. The Morgan fingerprint density at radius 1 is 1.25 bits per heavy atom. The summed E-state index contributed by atoms with van der Waals surface area (Å²) in [5.74, 6) is 0. The van der Waals surface area contributed by atoms with Crippen molar-refractivity contribution in [1.82, 2.24) is 4.90 Å². The van der Waals surface area contributed by atoms with Crippen molar-refractivity contribution in [3.8, 4) is 0 Å². The van der Waals surface area contributed by atoms with Gasteiger partial charge in [-0.05, 0) is 49.2 Å². The lowest BCUT2D eigenvalue weighted by Gasteiger charge is -2.21. The van der Waals surface area contributed by atoms with E-state index in [1.165, 1.54) is 18.4 Å². The van der Waals surface area contributed by atoms with Gasteiger partial charge in [-0.1, -0.05) is 25.5 Å². The predicted octanol–water partition coefficient (Wildman–Crippen LogP) is 3.69. The van der Waals surface area contributed by atoms with Gasteiger partial charge in [0.25, 0.3) is 0 Å². The molecule has 0 aliphatic rings. The van der Waals surface area contributed by atoms with E-state index in [0.717, 1.165) is 36.8 Å². The van der Waals surface area contributed by atoms with Gasteiger partial charge < -0.3 is 15.0 Å². The van der Waals surface area contributed by atoms with Gasteiger partial charge in [-0.2, -0.15) is 0 Å². The normalized spacial score (nSPS) is 10.3. The molecule has 0 saturated carbocycles. The Balaban J connectivity index is 2.41. The number of thiocarbonyl (C=S) groups is 1. The molecule has 20 heavy (non-hydrogen) atoms. The summed E-state index contributed by atoms with van der Waals surface area (Å²) in [5, 5.41) is 4.02. The highest BCUT2D eigenvalue weighted by molar-refractivity contribution is 7.80. The highest BCUT2D eigenvalue weighted by atomic mass is 32.1. The zero-order chi connectivity index (χ0) is 14.8. The summed E-state index contributed by atoms with van der Waals surface area (Å²) in [6.07, 6.45) is 4.60. The van der Waals surface area contributed by atoms with Gasteiger partial charge in [-0.15, -0.1) is 0 Å². The second kappa shape index (κ2) is 9.72. The number of anilines is 1. The van der Waals surface area contributed by atoms with Crippen LogP contribution >= 0.6 is 12.2 Å². The Bertz CT molecular complexity index is 392. The lowest BCUT2D eigenvalue weighted by molar-refractivity contribution is 0.189. The summed E-state index contributed by atoms with van der Waals surface area (Å²) in [6.45, 7) is 3.88. The van der Waals surface area contributed by atoms with E-state index in [1.54, 1.807) is 7.11 Å². The molecule has 0 spiro atoms. The van der Waals surface area contributed by atoms with Crippen molar-refractivity contribution in [2.24, 2.45) is 0 Å². The van der Waals surface area contributed by atoms with Crippen LogP contribution in [-0.4, -0.2) is 37.3 Å². The average molecular weight is 294 g/mol. The number of hydrogen-bond donors (Lipinski definition) is 1. The first-order valence-corrected chi connectivity index (χ1v) is 7.68. The zero-order valence-corrected chi connectivity index (χ0v) is 13.6. The first-order chi connectivity index (χ1) is 9.67. The van der Waals surface area contributed by atoms with Crippen molar-refractivity contribution in [3.63, 3.8) is 0 Å². The molecule has 0 radical (unpaired) electrons. The van der Waals surface area contributed by atoms with E-state index >= 15 is 0 Å². The number of methoxy groups -OCH3 is 1. The Kier molecular flexibility index (Phi) is 8.23. The highest BCUT2D eigenvalue weighted by Gasteiger charge is 2.04. The molecule has 1 aromatic rings. The van der Waals surface area contributed by atoms with Crippen LogP contribution in [0.4, 0.5) is 5.69 Å². The third kappa shape index (κ3) is 6.35. The van der Waals surface area contributed by atoms with Gasteiger partial charge in [-0.25, -0.2) is 0 Å². The fourth-order valence-corrected chi connectivity index (χ4v) is 2.11. The number of rotatable bonds is 8. The van der Waals surface area contributed by atoms with Crippen molar-refractivity contribution >= 4 is 23.0 Å². The molecule has 112 valence electrons. The minimum atomic E-state index is 0.752. The van der Waals surface area contributed by atoms with Gasteiger partial charge in [0.2, 0.25) is 0 Å². The molecule has 0 aromatic heterocycles. The fraction of sp³-hybridized carbons (Fsp3) is 0.562. The Morgan fingerprint density at radius 3 is 2.55 bits per heavy atom. The number of ether oxygens (including phenoxy) is 1. The van der Waals surface area contributed by atoms with Crippen LogP contribution in [0.15, 0.2) is 24.3 Å². The van der Waals surface area contributed by atoms with Crippen LogP contribution in [0.25, 0.3) is 0 Å². The van der Waals surface area contributed by atoms with E-state index in [9.17, 15) is 0 Å². The maximum Gasteiger partial charge on any atom is 0.173 e. The standard InChI is InChI=1S/C16H26N2OS/c1-4-5-7-14-8-10-15(11-9-14)17-16(20)18(2)12-6-13-19-3/h8-11H,4-7,12-13H2,1-3H3,(H,17,20). The van der Waals surface area contributed by atoms with Crippen molar-refractivity contribution < 1.29 is 4.74 Å². The first-order valence-electron chi connectivity index (χ1n) is 7.27. The number of nitrogens with zero attached hydrogens (tertiary/aromatic N) is 1. The van der Waals surface area contributed by atoms with E-state index in [-0.39, 0.29) is 0 Å². The van der Waals surface area contributed by atoms with Gasteiger partial charge in [0.05, 0.1) is 0 Å². The fourth-order valence-electron chi connectivity index (χ4n) is 1.90. The van der Waals surface area contributed by atoms with Crippen LogP contribution in [-0.2, 0) is 11.2 Å². The third-order valence-electron chi connectivity index (χ3n) is 3.21. The number of nitrogens with one attached hydrogen (secondary N) is 1. The summed E-state index contributed by atoms with van der Waals surface area (Å²) in [6, 6.07) is 8.54. The van der Waals surface area contributed by atoms with E-state index in [2.05, 4.69) is 36.5 Å². The van der Waals surface area contributed by atoms with Crippen molar-refractivity contribution in [2.45, 2.75) is 32.6 Å². The van der Waals surface area contributed by atoms with Crippen molar-refractivity contribution in [2.75, 3.05) is 32.6 Å². The van der Waals surface area contributed by atoms with Crippen LogP contribution in [0.3, 0.4) is 0 Å². The smallest absolute Gasteiger partial charge is 0.173 e. The van der Waals surface area contributed by atoms with Crippen LogP contribution in [0.5, 0.6) is 0 Å². The molecule has 0 saturated heterocycles. The molecular weight excluding hydrogens is 268 g/mol. The number of unbranched alkanes of at least 4 members (excludes halogenated alkanes) is 1. The lowest BCUT2D eigenvalue weighted by Crippen LogP contribution is -2.32. The number of benzene rings is 1. The van der Waals surface area contributed by atoms with Crippen molar-refractivity contribution in [3.05, 3.63) is 29.8 Å². The molecule has 3 nitrogen and oxygen atoms in total. The summed E-state index contributed by atoms with van der Waals surface area (Å²) in [5.41, 5.74) is 2.44. The zero-order valence-electron chi connectivity index (χ0n) is 12.8. The average Bonchev–Trinajstić information content (AvgIpc) is 2.46. The van der Waals surface area contributed by atoms with Crippen LogP contribution in [0, 0.1) is 0 Å². The Morgan fingerprint density at radius 2 is 1.95 bits per heavy atom. The van der Waals surface area contributed by atoms with Crippen LogP contribution in [0.2, 0.25) is 0 Å². The molecule has 1 N–H and O–H groups in total. The van der Waals surface area contributed by atoms with Gasteiger partial charge in [-0.3, -0.25) is 0 Å². The maximum atomic E-state index is 5.39. The van der Waals surface area contributed by atoms with Gasteiger partial charge in [0.1, 0.15) is 0 Å². The highest BCUT2D eigenvalue weighted by Crippen LogP contribution is 2.12. The number of aryl methyl sites for hydroxylation is 1. The second-order valence-electron chi connectivity index (χ2n) is 5.00. The molecule has 0 aliphatic heterocycles. The minimum absolute atomic E-state index is 0.752. The van der Waals surface area contributed by atoms with Gasteiger partial charge >= 0.3 is 0 Å². The van der Waals surface area contributed by atoms with Crippen LogP contribution in [0.1, 0.15) is 31.7 Å². The molecule has 4 heteroatoms. The molecule has 1 rings (SSSR count). The third-order valence-corrected chi connectivity index (χ3v) is 3.63. The van der Waals surface area contributed by atoms with E-state index < -0.39 is 0 Å². The summed E-state index contributed by atoms with van der Waals surface area (Å²) < 4.78 is 5.05. The Labute approximate surface area is 128 Å². The molecular formula is C16H26N2OS. The molecule has 0 heterocycles. The largest absolute Gasteiger partial charge is 0.385 e. The first kappa shape index (κ1) is 16.9. The number of hydrogen-bond acceptors (Lipinski definition) is 2. The van der Waals surface area contributed by atoms with Gasteiger partial charge in [0, 0.05) is 33.0 Å². The molecule has 1 aromatic carbocycles. The van der Waals surface area contributed by atoms with E-state index in [0.29, 0.717) is 0 Å². The predicted molar refractivity (Wildman–Crippen MR) is 90.4 cm³/mol. The summed E-state index contributed by atoms with van der Waals surface area (Å²) in [7, 11) is 3.72. The monoisotopic (exact) mass is 294 g/mol. The molecule has 0 atom stereocenters. The minimum Gasteiger partial charge on any atom is -0.385 e. The summed E-state index contributed by atoms with van der Waals surface area (Å²) >= 11 is 5.39. The molecule has 0 unspecified atom stereocenters. The summed E-state index contributed by atoms with van der Waals surface area (Å²) in [4.78, 5) is 2.04. The topological polar surface area (TPSA) is 24.5 Å². The Hall–Kier alpha value is -1.13. The lowest BCUT2D eigenvalue weighted by atomic mass is 10.1. The molecule has 0 aliphatic carbocycles. The van der Waals surface area contributed by atoms with Gasteiger partial charge in [0.15, 0.2) is 5.11 Å². The van der Waals surface area contributed by atoms with E-state index in [1.807, 2.05) is 11.9 Å². The molecule has 0 bridgehead atoms. The maximum absolute atomic E-state index is 5.39. The SMILES string of the molecule is CCCCc1ccc(NC(=S)N(C)CCCOC)cc1. The molecule has 0 fully saturated rings.